The van der Waals surface area contributed by atoms with Crippen molar-refractivity contribution in [1.82, 2.24) is 10.2 Å². The van der Waals surface area contributed by atoms with Crippen molar-refractivity contribution in [3.63, 3.8) is 0 Å². The van der Waals surface area contributed by atoms with Crippen LogP contribution in [0.3, 0.4) is 0 Å². The maximum absolute atomic E-state index is 13.0. The molecular formula is C22H27N3O4. The summed E-state index contributed by atoms with van der Waals surface area (Å²) in [6, 6.07) is 4.42. The quantitative estimate of drug-likeness (QED) is 0.774. The Morgan fingerprint density at radius 3 is 2.21 bits per heavy atom. The molecule has 1 atom stereocenters. The van der Waals surface area contributed by atoms with Crippen molar-refractivity contribution in [3.8, 4) is 0 Å². The highest BCUT2D eigenvalue weighted by Gasteiger charge is 2.44. The van der Waals surface area contributed by atoms with Crippen LogP contribution in [0.25, 0.3) is 0 Å². The molecule has 0 bridgehead atoms. The summed E-state index contributed by atoms with van der Waals surface area (Å²) in [5, 5.41) is 2.22. The summed E-state index contributed by atoms with van der Waals surface area (Å²) in [7, 11) is 0. The number of fused-ring (bicyclic) bond motifs is 1. The van der Waals surface area contributed by atoms with Crippen LogP contribution in [0.4, 0.5) is 5.69 Å². The molecule has 2 fully saturated rings. The second-order valence-corrected chi connectivity index (χ2v) is 9.30. The number of carbonyl (C=O) groups excluding carboxylic acids is 4. The summed E-state index contributed by atoms with van der Waals surface area (Å²) in [5.74, 6) is -1.20. The average Bonchev–Trinajstić information content (AvgIpc) is 2.92. The minimum atomic E-state index is -0.925. The molecule has 3 aliphatic rings. The molecule has 1 aromatic carbocycles. The van der Waals surface area contributed by atoms with Gasteiger partial charge in [0.25, 0.3) is 11.8 Å². The van der Waals surface area contributed by atoms with Crippen molar-refractivity contribution in [1.29, 1.82) is 0 Å². The largest absolute Gasteiger partial charge is 0.371 e. The first kappa shape index (κ1) is 19.6. The molecule has 1 unspecified atom stereocenters. The van der Waals surface area contributed by atoms with Gasteiger partial charge < -0.3 is 4.90 Å². The third-order valence-corrected chi connectivity index (χ3v) is 6.51. The van der Waals surface area contributed by atoms with Crippen LogP contribution >= 0.6 is 0 Å². The van der Waals surface area contributed by atoms with Crippen LogP contribution in [0.1, 0.15) is 67.2 Å². The summed E-state index contributed by atoms with van der Waals surface area (Å²) in [5.41, 5.74) is 1.89. The Morgan fingerprint density at radius 2 is 1.59 bits per heavy atom. The van der Waals surface area contributed by atoms with Gasteiger partial charge in [-0.15, -0.1) is 0 Å². The highest BCUT2D eigenvalue weighted by atomic mass is 16.2. The zero-order chi connectivity index (χ0) is 20.9. The summed E-state index contributed by atoms with van der Waals surface area (Å²) in [4.78, 5) is 52.6. The van der Waals surface area contributed by atoms with Crippen LogP contribution in [-0.4, -0.2) is 47.7 Å². The minimum Gasteiger partial charge on any atom is -0.371 e. The van der Waals surface area contributed by atoms with Gasteiger partial charge in [-0.3, -0.25) is 29.4 Å². The minimum absolute atomic E-state index is 0.123. The van der Waals surface area contributed by atoms with E-state index in [-0.39, 0.29) is 24.2 Å². The summed E-state index contributed by atoms with van der Waals surface area (Å²) in [6.07, 6.45) is 2.48. The van der Waals surface area contributed by atoms with E-state index in [0.717, 1.165) is 36.5 Å². The van der Waals surface area contributed by atoms with Gasteiger partial charge in [0.1, 0.15) is 6.04 Å². The van der Waals surface area contributed by atoms with Gasteiger partial charge >= 0.3 is 0 Å². The van der Waals surface area contributed by atoms with Crippen molar-refractivity contribution in [2.24, 2.45) is 11.3 Å². The molecule has 3 heterocycles. The number of hydrogen-bond acceptors (Lipinski definition) is 5. The molecule has 0 aromatic heterocycles. The van der Waals surface area contributed by atoms with Crippen LogP contribution in [0.2, 0.25) is 0 Å². The van der Waals surface area contributed by atoms with Gasteiger partial charge in [-0.1, -0.05) is 20.8 Å². The van der Waals surface area contributed by atoms with Crippen molar-refractivity contribution < 1.29 is 19.2 Å². The second-order valence-electron chi connectivity index (χ2n) is 9.30. The molecule has 7 heteroatoms. The fourth-order valence-corrected chi connectivity index (χ4v) is 4.66. The molecule has 0 radical (unpaired) electrons. The van der Waals surface area contributed by atoms with Crippen LogP contribution < -0.4 is 10.2 Å². The summed E-state index contributed by atoms with van der Waals surface area (Å²) >= 11 is 0. The normalized spacial score (nSPS) is 23.5. The first-order valence-corrected chi connectivity index (χ1v) is 10.3. The highest BCUT2D eigenvalue weighted by molar-refractivity contribution is 6.23. The number of carbonyl (C=O) groups is 4. The molecule has 0 saturated carbocycles. The number of hydrogen-bond donors (Lipinski definition) is 1. The van der Waals surface area contributed by atoms with E-state index in [1.807, 2.05) is 6.07 Å². The monoisotopic (exact) mass is 397 g/mol. The molecule has 0 aliphatic carbocycles. The van der Waals surface area contributed by atoms with Crippen LogP contribution in [0, 0.1) is 11.3 Å². The van der Waals surface area contributed by atoms with Crippen LogP contribution in [0.5, 0.6) is 0 Å². The van der Waals surface area contributed by atoms with Gasteiger partial charge in [-0.05, 0) is 48.8 Å². The number of amides is 4. The molecule has 1 aromatic rings. The molecule has 3 aliphatic heterocycles. The van der Waals surface area contributed by atoms with Crippen LogP contribution in [0.15, 0.2) is 18.2 Å². The van der Waals surface area contributed by atoms with Gasteiger partial charge in [0, 0.05) is 25.2 Å². The van der Waals surface area contributed by atoms with E-state index >= 15 is 0 Å². The van der Waals surface area contributed by atoms with Gasteiger partial charge in [-0.25, -0.2) is 0 Å². The highest BCUT2D eigenvalue weighted by Crippen LogP contribution is 2.37. The molecule has 4 rings (SSSR count). The lowest BCUT2D eigenvalue weighted by molar-refractivity contribution is -0.136. The van der Waals surface area contributed by atoms with Crippen LogP contribution in [-0.2, 0) is 9.59 Å². The van der Waals surface area contributed by atoms with Crippen molar-refractivity contribution in [2.75, 3.05) is 18.0 Å². The Balaban J connectivity index is 1.53. The summed E-state index contributed by atoms with van der Waals surface area (Å²) in [6.45, 7) is 8.66. The van der Waals surface area contributed by atoms with E-state index in [9.17, 15) is 19.2 Å². The van der Waals surface area contributed by atoms with Gasteiger partial charge in [0.05, 0.1) is 11.1 Å². The van der Waals surface area contributed by atoms with E-state index in [4.69, 9.17) is 0 Å². The molecule has 4 amide bonds. The van der Waals surface area contributed by atoms with Gasteiger partial charge in [-0.2, -0.15) is 0 Å². The molecule has 0 spiro atoms. The number of nitrogens with one attached hydrogen (secondary N) is 1. The summed E-state index contributed by atoms with van der Waals surface area (Å²) < 4.78 is 0. The maximum atomic E-state index is 13.0. The van der Waals surface area contributed by atoms with Crippen molar-refractivity contribution in [3.05, 3.63) is 29.3 Å². The van der Waals surface area contributed by atoms with Crippen molar-refractivity contribution >= 4 is 29.3 Å². The Bertz CT molecular complexity index is 894. The lowest BCUT2D eigenvalue weighted by Gasteiger charge is -2.39. The molecule has 7 nitrogen and oxygen atoms in total. The molecular weight excluding hydrogens is 370 g/mol. The van der Waals surface area contributed by atoms with E-state index in [1.165, 1.54) is 0 Å². The zero-order valence-corrected chi connectivity index (χ0v) is 17.2. The number of benzene rings is 1. The predicted octanol–water partition coefficient (Wildman–Crippen LogP) is 2.35. The smallest absolute Gasteiger partial charge is 0.262 e. The maximum Gasteiger partial charge on any atom is 0.262 e. The van der Waals surface area contributed by atoms with E-state index < -0.39 is 23.8 Å². The first-order chi connectivity index (χ1) is 13.7. The lowest BCUT2D eigenvalue weighted by atomic mass is 9.75. The van der Waals surface area contributed by atoms with E-state index in [2.05, 4.69) is 31.0 Å². The van der Waals surface area contributed by atoms with Gasteiger partial charge in [0.15, 0.2) is 0 Å². The lowest BCUT2D eigenvalue weighted by Crippen LogP contribution is -2.54. The topological polar surface area (TPSA) is 86.8 Å². The third kappa shape index (κ3) is 3.43. The predicted molar refractivity (Wildman–Crippen MR) is 108 cm³/mol. The zero-order valence-electron chi connectivity index (χ0n) is 17.2. The number of imide groups is 2. The molecule has 154 valence electrons. The standard InChI is InChI=1S/C22H27N3O4/c1-22(2,3)13-8-10-24(11-9-13)14-4-5-15-16(12-14)21(29)25(20(15)28)17-6-7-18(26)23-19(17)27/h4-5,12-13,17H,6-11H2,1-3H3,(H,23,26,27). The first-order valence-electron chi connectivity index (χ1n) is 10.3. The number of anilines is 1. The van der Waals surface area contributed by atoms with E-state index in [0.29, 0.717) is 17.0 Å². The number of nitrogens with zero attached hydrogens (tertiary/aromatic N) is 2. The van der Waals surface area contributed by atoms with Gasteiger partial charge in [0.2, 0.25) is 11.8 Å². The van der Waals surface area contributed by atoms with E-state index in [1.54, 1.807) is 12.1 Å². The fraction of sp³-hybridized carbons (Fsp3) is 0.545. The second kappa shape index (κ2) is 6.97. The average molecular weight is 397 g/mol. The SMILES string of the molecule is CC(C)(C)C1CCN(c2ccc3c(c2)C(=O)N(C2CCC(=O)NC2=O)C3=O)CC1. The number of rotatable bonds is 2. The Kier molecular flexibility index (Phi) is 4.71. The fourth-order valence-electron chi connectivity index (χ4n) is 4.66. The molecule has 1 N–H and O–H groups in total. The molecule has 2 saturated heterocycles. The Hall–Kier alpha value is -2.70. The Labute approximate surface area is 170 Å². The Morgan fingerprint density at radius 1 is 0.931 bits per heavy atom. The third-order valence-electron chi connectivity index (χ3n) is 6.51. The molecule has 29 heavy (non-hydrogen) atoms. The number of piperidine rings is 2. The van der Waals surface area contributed by atoms with Crippen molar-refractivity contribution in [2.45, 2.75) is 52.5 Å².